The molecule has 16 heavy (non-hydrogen) atoms. The van der Waals surface area contributed by atoms with Crippen molar-refractivity contribution in [1.29, 1.82) is 0 Å². The smallest absolute Gasteiger partial charge is 0.224 e. The molecule has 6 heteroatoms. The van der Waals surface area contributed by atoms with E-state index in [0.717, 1.165) is 5.56 Å². The minimum absolute atomic E-state index is 0.0137. The lowest BCUT2D eigenvalue weighted by Crippen LogP contribution is -2.34. The van der Waals surface area contributed by atoms with Gasteiger partial charge in [-0.25, -0.2) is 0 Å². The molecule has 1 rings (SSSR count). The first kappa shape index (κ1) is 12.3. The molecule has 0 unspecified atom stereocenters. The molecular weight excluding hydrogens is 230 g/mol. The first-order chi connectivity index (χ1) is 7.63. The standard InChI is InChI=1S/C10H12ClN3O2/c11-8-4-2-1-3-7(8)5-10(15)13-6-9(12)14-16/h1-4,16H,5-6H2,(H2,12,14)(H,13,15). The maximum absolute atomic E-state index is 11.4. The summed E-state index contributed by atoms with van der Waals surface area (Å²) in [6.45, 7) is 0.0137. The minimum atomic E-state index is -0.236. The number of nitrogens with zero attached hydrogens (tertiary/aromatic N) is 1. The maximum atomic E-state index is 11.4. The Kier molecular flexibility index (Phi) is 4.60. The van der Waals surface area contributed by atoms with Crippen LogP contribution in [0.3, 0.4) is 0 Å². The van der Waals surface area contributed by atoms with Crippen LogP contribution in [-0.4, -0.2) is 23.5 Å². The van der Waals surface area contributed by atoms with E-state index in [1.807, 2.05) is 0 Å². The number of carbonyl (C=O) groups is 1. The van der Waals surface area contributed by atoms with Gasteiger partial charge in [0.15, 0.2) is 5.84 Å². The molecule has 0 aliphatic carbocycles. The molecule has 86 valence electrons. The molecule has 0 saturated heterocycles. The number of nitrogens with one attached hydrogen (secondary N) is 1. The first-order valence-corrected chi connectivity index (χ1v) is 4.97. The van der Waals surface area contributed by atoms with E-state index in [1.165, 1.54) is 0 Å². The Balaban J connectivity index is 2.49. The Morgan fingerprint density at radius 1 is 1.50 bits per heavy atom. The molecule has 1 amide bonds. The maximum Gasteiger partial charge on any atom is 0.224 e. The van der Waals surface area contributed by atoms with Crippen LogP contribution in [0.15, 0.2) is 29.4 Å². The predicted molar refractivity (Wildman–Crippen MR) is 61.6 cm³/mol. The van der Waals surface area contributed by atoms with Crippen molar-refractivity contribution in [2.24, 2.45) is 10.9 Å². The number of benzene rings is 1. The monoisotopic (exact) mass is 241 g/mol. The van der Waals surface area contributed by atoms with Crippen LogP contribution in [0, 0.1) is 0 Å². The Bertz CT molecular complexity index is 407. The van der Waals surface area contributed by atoms with E-state index in [9.17, 15) is 4.79 Å². The van der Waals surface area contributed by atoms with E-state index in [1.54, 1.807) is 24.3 Å². The van der Waals surface area contributed by atoms with Gasteiger partial charge in [0.2, 0.25) is 5.91 Å². The van der Waals surface area contributed by atoms with Crippen molar-refractivity contribution >= 4 is 23.3 Å². The van der Waals surface area contributed by atoms with Gasteiger partial charge in [-0.15, -0.1) is 0 Å². The molecule has 5 nitrogen and oxygen atoms in total. The van der Waals surface area contributed by atoms with E-state index in [2.05, 4.69) is 10.5 Å². The van der Waals surface area contributed by atoms with Gasteiger partial charge in [0.1, 0.15) is 0 Å². The lowest BCUT2D eigenvalue weighted by atomic mass is 10.1. The third-order valence-corrected chi connectivity index (χ3v) is 2.27. The van der Waals surface area contributed by atoms with Gasteiger partial charge in [-0.2, -0.15) is 0 Å². The van der Waals surface area contributed by atoms with Crippen molar-refractivity contribution in [3.05, 3.63) is 34.9 Å². The second kappa shape index (κ2) is 5.97. The second-order valence-corrected chi connectivity index (χ2v) is 3.54. The van der Waals surface area contributed by atoms with E-state index in [0.29, 0.717) is 5.02 Å². The Hall–Kier alpha value is -1.75. The highest BCUT2D eigenvalue weighted by Crippen LogP contribution is 2.14. The zero-order valence-corrected chi connectivity index (χ0v) is 9.24. The average molecular weight is 242 g/mol. The highest BCUT2D eigenvalue weighted by atomic mass is 35.5. The summed E-state index contributed by atoms with van der Waals surface area (Å²) in [5, 5.41) is 14.0. The molecule has 0 fully saturated rings. The lowest BCUT2D eigenvalue weighted by molar-refractivity contribution is -0.120. The third-order valence-electron chi connectivity index (χ3n) is 1.90. The van der Waals surface area contributed by atoms with Gasteiger partial charge in [0.05, 0.1) is 13.0 Å². The Morgan fingerprint density at radius 2 is 2.19 bits per heavy atom. The van der Waals surface area contributed by atoms with Crippen LogP contribution in [-0.2, 0) is 11.2 Å². The molecule has 0 saturated carbocycles. The van der Waals surface area contributed by atoms with Crippen molar-refractivity contribution in [3.63, 3.8) is 0 Å². The molecule has 0 atom stereocenters. The van der Waals surface area contributed by atoms with Gasteiger partial charge in [-0.05, 0) is 11.6 Å². The van der Waals surface area contributed by atoms with E-state index >= 15 is 0 Å². The minimum Gasteiger partial charge on any atom is -0.409 e. The number of carbonyl (C=O) groups excluding carboxylic acids is 1. The van der Waals surface area contributed by atoms with Crippen molar-refractivity contribution in [1.82, 2.24) is 5.32 Å². The summed E-state index contributed by atoms with van der Waals surface area (Å²) in [5.41, 5.74) is 5.94. The van der Waals surface area contributed by atoms with Crippen molar-refractivity contribution in [2.45, 2.75) is 6.42 Å². The number of oxime groups is 1. The highest BCUT2D eigenvalue weighted by Gasteiger charge is 2.06. The van der Waals surface area contributed by atoms with Gasteiger partial charge < -0.3 is 16.3 Å². The molecule has 1 aromatic carbocycles. The van der Waals surface area contributed by atoms with Crippen LogP contribution in [0.1, 0.15) is 5.56 Å². The van der Waals surface area contributed by atoms with Crippen LogP contribution in [0.5, 0.6) is 0 Å². The Labute approximate surface area is 97.9 Å². The number of hydrogen-bond donors (Lipinski definition) is 3. The summed E-state index contributed by atoms with van der Waals surface area (Å²) in [4.78, 5) is 11.4. The number of amides is 1. The quantitative estimate of drug-likeness (QED) is 0.315. The van der Waals surface area contributed by atoms with Gasteiger partial charge in [-0.1, -0.05) is 35.0 Å². The van der Waals surface area contributed by atoms with Crippen LogP contribution in [0.4, 0.5) is 0 Å². The summed E-state index contributed by atoms with van der Waals surface area (Å²) in [6, 6.07) is 7.08. The molecule has 4 N–H and O–H groups in total. The summed E-state index contributed by atoms with van der Waals surface area (Å²) >= 11 is 5.89. The molecular formula is C10H12ClN3O2. The van der Waals surface area contributed by atoms with Crippen LogP contribution in [0.2, 0.25) is 5.02 Å². The molecule has 0 heterocycles. The molecule has 0 aromatic heterocycles. The van der Waals surface area contributed by atoms with Crippen molar-refractivity contribution in [2.75, 3.05) is 6.54 Å². The fraction of sp³-hybridized carbons (Fsp3) is 0.200. The topological polar surface area (TPSA) is 87.7 Å². The van der Waals surface area contributed by atoms with Gasteiger partial charge in [0.25, 0.3) is 0 Å². The fourth-order valence-corrected chi connectivity index (χ4v) is 1.30. The van der Waals surface area contributed by atoms with Gasteiger partial charge in [0, 0.05) is 5.02 Å². The van der Waals surface area contributed by atoms with Crippen LogP contribution in [0.25, 0.3) is 0 Å². The number of amidine groups is 1. The summed E-state index contributed by atoms with van der Waals surface area (Å²) in [6.07, 6.45) is 0.165. The number of hydrogen-bond acceptors (Lipinski definition) is 3. The summed E-state index contributed by atoms with van der Waals surface area (Å²) in [7, 11) is 0. The SMILES string of the molecule is N/C(CNC(=O)Cc1ccccc1Cl)=N/O. The zero-order valence-electron chi connectivity index (χ0n) is 8.48. The van der Waals surface area contributed by atoms with Gasteiger partial charge >= 0.3 is 0 Å². The molecule has 0 radical (unpaired) electrons. The van der Waals surface area contributed by atoms with Crippen LogP contribution < -0.4 is 11.1 Å². The normalized spacial score (nSPS) is 11.2. The average Bonchev–Trinajstić information content (AvgIpc) is 2.29. The molecule has 1 aromatic rings. The predicted octanol–water partition coefficient (Wildman–Crippen LogP) is 0.745. The van der Waals surface area contributed by atoms with Crippen molar-refractivity contribution < 1.29 is 10.0 Å². The van der Waals surface area contributed by atoms with Crippen LogP contribution >= 0.6 is 11.6 Å². The molecule has 0 aliphatic heterocycles. The van der Waals surface area contributed by atoms with Gasteiger partial charge in [-0.3, -0.25) is 4.79 Å². The molecule has 0 spiro atoms. The first-order valence-electron chi connectivity index (χ1n) is 4.60. The summed E-state index contributed by atoms with van der Waals surface area (Å²) in [5.74, 6) is -0.285. The second-order valence-electron chi connectivity index (χ2n) is 3.14. The largest absolute Gasteiger partial charge is 0.409 e. The highest BCUT2D eigenvalue weighted by molar-refractivity contribution is 6.31. The zero-order chi connectivity index (χ0) is 12.0. The number of nitrogens with two attached hydrogens (primary N) is 1. The third kappa shape index (κ3) is 3.78. The molecule has 0 aliphatic rings. The lowest BCUT2D eigenvalue weighted by Gasteiger charge is -2.05. The Morgan fingerprint density at radius 3 is 2.81 bits per heavy atom. The number of halogens is 1. The van der Waals surface area contributed by atoms with E-state index < -0.39 is 0 Å². The van der Waals surface area contributed by atoms with E-state index in [4.69, 9.17) is 22.5 Å². The van der Waals surface area contributed by atoms with Crippen molar-refractivity contribution in [3.8, 4) is 0 Å². The fourth-order valence-electron chi connectivity index (χ4n) is 1.10. The number of rotatable bonds is 4. The molecule has 0 bridgehead atoms. The summed E-state index contributed by atoms with van der Waals surface area (Å²) < 4.78 is 0. The van der Waals surface area contributed by atoms with E-state index in [-0.39, 0.29) is 24.7 Å².